The lowest BCUT2D eigenvalue weighted by atomic mass is 10.2. The molecule has 3 rings (SSSR count). The van der Waals surface area contributed by atoms with Gasteiger partial charge in [0.2, 0.25) is 0 Å². The van der Waals surface area contributed by atoms with Crippen LogP contribution in [-0.2, 0) is 0 Å². The van der Waals surface area contributed by atoms with Crippen LogP contribution in [-0.4, -0.2) is 9.55 Å². The van der Waals surface area contributed by atoms with Gasteiger partial charge in [-0.3, -0.25) is 4.98 Å². The van der Waals surface area contributed by atoms with Crippen molar-refractivity contribution < 1.29 is 0 Å². The first kappa shape index (κ1) is 11.0. The highest BCUT2D eigenvalue weighted by atomic mass is 15.0. The molecule has 18 heavy (non-hydrogen) atoms. The minimum absolute atomic E-state index is 0.418. The fraction of sp³-hybridized carbons (Fsp3) is 0.188. The Labute approximate surface area is 107 Å². The Hall–Kier alpha value is -2.09. The molecule has 0 unspecified atom stereocenters. The first-order valence-electron chi connectivity index (χ1n) is 6.29. The molecule has 2 nitrogen and oxygen atoms in total. The quantitative estimate of drug-likeness (QED) is 0.649. The van der Waals surface area contributed by atoms with Gasteiger partial charge in [0.1, 0.15) is 0 Å². The Morgan fingerprint density at radius 1 is 1.00 bits per heavy atom. The predicted octanol–water partition coefficient (Wildman–Crippen LogP) is 4.28. The lowest BCUT2D eigenvalue weighted by Crippen LogP contribution is -2.02. The van der Waals surface area contributed by atoms with Gasteiger partial charge in [-0.2, -0.15) is 0 Å². The van der Waals surface area contributed by atoms with Crippen LogP contribution in [0.1, 0.15) is 19.9 Å². The van der Waals surface area contributed by atoms with Crippen molar-refractivity contribution >= 4 is 10.9 Å². The zero-order valence-corrected chi connectivity index (χ0v) is 10.7. The van der Waals surface area contributed by atoms with Gasteiger partial charge in [0.15, 0.2) is 0 Å². The summed E-state index contributed by atoms with van der Waals surface area (Å²) in [6, 6.07) is 17.2. The van der Waals surface area contributed by atoms with Crippen LogP contribution in [0.5, 0.6) is 0 Å². The minimum Gasteiger partial charge on any atom is -0.337 e. The average Bonchev–Trinajstić information content (AvgIpc) is 2.79. The van der Waals surface area contributed by atoms with Crippen LogP contribution in [0.15, 0.2) is 54.7 Å². The second kappa shape index (κ2) is 4.30. The highest BCUT2D eigenvalue weighted by molar-refractivity contribution is 5.86. The molecule has 0 N–H and O–H groups in total. The van der Waals surface area contributed by atoms with E-state index >= 15 is 0 Å². The number of hydrogen-bond donors (Lipinski definition) is 0. The molecule has 2 heteroatoms. The maximum absolute atomic E-state index is 4.47. The molecule has 0 fully saturated rings. The molecule has 0 aliphatic carbocycles. The molecular weight excluding hydrogens is 220 g/mol. The summed E-state index contributed by atoms with van der Waals surface area (Å²) >= 11 is 0. The summed E-state index contributed by atoms with van der Waals surface area (Å²) < 4.78 is 2.34. The lowest BCUT2D eigenvalue weighted by Gasteiger charge is -2.14. The summed E-state index contributed by atoms with van der Waals surface area (Å²) in [5.41, 5.74) is 3.49. The summed E-state index contributed by atoms with van der Waals surface area (Å²) in [6.45, 7) is 4.41. The normalized spacial score (nSPS) is 11.3. The van der Waals surface area contributed by atoms with Crippen molar-refractivity contribution in [1.82, 2.24) is 9.55 Å². The molecule has 0 aliphatic rings. The first-order chi connectivity index (χ1) is 8.77. The van der Waals surface area contributed by atoms with Crippen LogP contribution in [0.25, 0.3) is 22.3 Å². The molecule has 0 saturated heterocycles. The lowest BCUT2D eigenvalue weighted by molar-refractivity contribution is 0.628. The number of fused-ring (bicyclic) bond motifs is 1. The van der Waals surface area contributed by atoms with Crippen molar-refractivity contribution in [2.24, 2.45) is 0 Å². The Morgan fingerprint density at radius 3 is 2.50 bits per heavy atom. The SMILES string of the molecule is CC(C)n1c(-c2ccccn2)cc2ccccc21. The average molecular weight is 236 g/mol. The standard InChI is InChI=1S/C16H16N2/c1-12(2)18-15-9-4-3-7-13(15)11-16(18)14-8-5-6-10-17-14/h3-12H,1-2H3. The van der Waals surface area contributed by atoms with E-state index in [-0.39, 0.29) is 0 Å². The first-order valence-corrected chi connectivity index (χ1v) is 6.29. The van der Waals surface area contributed by atoms with Gasteiger partial charge in [-0.05, 0) is 38.1 Å². The van der Waals surface area contributed by atoms with E-state index in [9.17, 15) is 0 Å². The van der Waals surface area contributed by atoms with E-state index in [4.69, 9.17) is 0 Å². The maximum atomic E-state index is 4.47. The summed E-state index contributed by atoms with van der Waals surface area (Å²) in [6.07, 6.45) is 1.84. The highest BCUT2D eigenvalue weighted by Crippen LogP contribution is 2.29. The van der Waals surface area contributed by atoms with Crippen molar-refractivity contribution in [3.8, 4) is 11.4 Å². The number of hydrogen-bond acceptors (Lipinski definition) is 1. The number of benzene rings is 1. The molecule has 0 bridgehead atoms. The summed E-state index contributed by atoms with van der Waals surface area (Å²) in [5.74, 6) is 0. The number of para-hydroxylation sites is 1. The number of nitrogens with zero attached hydrogens (tertiary/aromatic N) is 2. The number of rotatable bonds is 2. The number of pyridine rings is 1. The van der Waals surface area contributed by atoms with Crippen molar-refractivity contribution in [2.45, 2.75) is 19.9 Å². The second-order valence-electron chi connectivity index (χ2n) is 4.77. The molecule has 0 radical (unpaired) electrons. The van der Waals surface area contributed by atoms with E-state index in [0.717, 1.165) is 5.69 Å². The van der Waals surface area contributed by atoms with Gasteiger partial charge in [0.05, 0.1) is 11.4 Å². The fourth-order valence-corrected chi connectivity index (χ4v) is 2.44. The predicted molar refractivity (Wildman–Crippen MR) is 75.6 cm³/mol. The Balaban J connectivity index is 2.32. The van der Waals surface area contributed by atoms with Crippen molar-refractivity contribution in [3.63, 3.8) is 0 Å². The summed E-state index contributed by atoms with van der Waals surface area (Å²) in [4.78, 5) is 4.47. The third-order valence-electron chi connectivity index (χ3n) is 3.19. The molecule has 0 aliphatic heterocycles. The molecule has 2 heterocycles. The van der Waals surface area contributed by atoms with Gasteiger partial charge in [0, 0.05) is 23.1 Å². The molecular formula is C16H16N2. The van der Waals surface area contributed by atoms with E-state index in [1.54, 1.807) is 0 Å². The topological polar surface area (TPSA) is 17.8 Å². The van der Waals surface area contributed by atoms with Gasteiger partial charge >= 0.3 is 0 Å². The molecule has 3 aromatic rings. The van der Waals surface area contributed by atoms with E-state index in [1.165, 1.54) is 16.6 Å². The Kier molecular flexibility index (Phi) is 2.63. The van der Waals surface area contributed by atoms with E-state index < -0.39 is 0 Å². The number of aromatic nitrogens is 2. The maximum Gasteiger partial charge on any atom is 0.0866 e. The van der Waals surface area contributed by atoms with Crippen LogP contribution < -0.4 is 0 Å². The summed E-state index contributed by atoms with van der Waals surface area (Å²) in [7, 11) is 0. The third-order valence-corrected chi connectivity index (χ3v) is 3.19. The van der Waals surface area contributed by atoms with E-state index in [2.05, 4.69) is 59.8 Å². The zero-order chi connectivity index (χ0) is 12.5. The highest BCUT2D eigenvalue weighted by Gasteiger charge is 2.12. The second-order valence-corrected chi connectivity index (χ2v) is 4.77. The third kappa shape index (κ3) is 1.70. The summed E-state index contributed by atoms with van der Waals surface area (Å²) in [5, 5.41) is 1.27. The van der Waals surface area contributed by atoms with Crippen LogP contribution in [0.3, 0.4) is 0 Å². The molecule has 0 atom stereocenters. The smallest absolute Gasteiger partial charge is 0.0866 e. The van der Waals surface area contributed by atoms with Gasteiger partial charge in [-0.25, -0.2) is 0 Å². The zero-order valence-electron chi connectivity index (χ0n) is 10.7. The van der Waals surface area contributed by atoms with Gasteiger partial charge in [0.25, 0.3) is 0 Å². The van der Waals surface area contributed by atoms with Crippen LogP contribution in [0, 0.1) is 0 Å². The van der Waals surface area contributed by atoms with Gasteiger partial charge in [-0.15, -0.1) is 0 Å². The van der Waals surface area contributed by atoms with Crippen molar-refractivity contribution in [2.75, 3.05) is 0 Å². The molecule has 0 saturated carbocycles. The molecule has 90 valence electrons. The van der Waals surface area contributed by atoms with Gasteiger partial charge in [-0.1, -0.05) is 24.3 Å². The molecule has 2 aromatic heterocycles. The Morgan fingerprint density at radius 2 is 1.78 bits per heavy atom. The monoisotopic (exact) mass is 236 g/mol. The van der Waals surface area contributed by atoms with Crippen LogP contribution in [0.4, 0.5) is 0 Å². The molecule has 1 aromatic carbocycles. The molecule has 0 spiro atoms. The van der Waals surface area contributed by atoms with Crippen LogP contribution in [0.2, 0.25) is 0 Å². The van der Waals surface area contributed by atoms with E-state index in [0.29, 0.717) is 6.04 Å². The fourth-order valence-electron chi connectivity index (χ4n) is 2.44. The van der Waals surface area contributed by atoms with Crippen LogP contribution >= 0.6 is 0 Å². The minimum atomic E-state index is 0.418. The van der Waals surface area contributed by atoms with Crippen molar-refractivity contribution in [3.05, 3.63) is 54.7 Å². The van der Waals surface area contributed by atoms with Gasteiger partial charge < -0.3 is 4.57 Å². The Bertz CT molecular complexity index is 666. The van der Waals surface area contributed by atoms with Crippen molar-refractivity contribution in [1.29, 1.82) is 0 Å². The largest absolute Gasteiger partial charge is 0.337 e. The van der Waals surface area contributed by atoms with E-state index in [1.807, 2.05) is 18.3 Å². The molecule has 0 amide bonds.